The smallest absolute Gasteiger partial charge is 0.159 e. The molecule has 3 nitrogen and oxygen atoms in total. The van der Waals surface area contributed by atoms with Gasteiger partial charge in [0.2, 0.25) is 0 Å². The van der Waals surface area contributed by atoms with Gasteiger partial charge in [-0.15, -0.1) is 0 Å². The normalized spacial score (nSPS) is 35.3. The zero-order chi connectivity index (χ0) is 14.9. The fourth-order valence-corrected chi connectivity index (χ4v) is 5.87. The number of carbonyl (C=O) groups is 1. The highest BCUT2D eigenvalue weighted by Gasteiger charge is 2.53. The first-order valence-electron chi connectivity index (χ1n) is 8.35. The van der Waals surface area contributed by atoms with E-state index in [1.54, 1.807) is 0 Å². The monoisotopic (exact) mass is 315 g/mol. The predicted molar refractivity (Wildman–Crippen MR) is 86.5 cm³/mol. The van der Waals surface area contributed by atoms with Crippen LogP contribution in [0.1, 0.15) is 44.1 Å². The summed E-state index contributed by atoms with van der Waals surface area (Å²) < 4.78 is 6.09. The molecule has 1 saturated heterocycles. The van der Waals surface area contributed by atoms with Crippen molar-refractivity contribution in [3.8, 4) is 5.75 Å². The number of likely N-dealkylation sites (N-methyl/N-ethyl adjacent to an activating group) is 1. The van der Waals surface area contributed by atoms with Gasteiger partial charge in [0.05, 0.1) is 4.90 Å². The summed E-state index contributed by atoms with van der Waals surface area (Å²) in [5, 5.41) is 0. The van der Waals surface area contributed by atoms with Crippen molar-refractivity contribution in [2.45, 2.75) is 59.8 Å². The van der Waals surface area contributed by atoms with E-state index in [2.05, 4.69) is 30.1 Å². The first kappa shape index (κ1) is 13.4. The van der Waals surface area contributed by atoms with E-state index in [0.29, 0.717) is 11.8 Å². The maximum Gasteiger partial charge on any atom is 0.159 e. The van der Waals surface area contributed by atoms with Crippen LogP contribution >= 0.6 is 11.8 Å². The highest BCUT2D eigenvalue weighted by Crippen LogP contribution is 2.61. The predicted octanol–water partition coefficient (Wildman–Crippen LogP) is 3.36. The quantitative estimate of drug-likeness (QED) is 0.795. The van der Waals surface area contributed by atoms with Crippen molar-refractivity contribution < 1.29 is 9.53 Å². The fraction of sp³-hybridized carbons (Fsp3) is 0.611. The van der Waals surface area contributed by atoms with Gasteiger partial charge < -0.3 is 9.64 Å². The molecule has 3 fully saturated rings. The summed E-state index contributed by atoms with van der Waals surface area (Å²) in [7, 11) is 2.18. The summed E-state index contributed by atoms with van der Waals surface area (Å²) in [6.07, 6.45) is 6.00. The van der Waals surface area contributed by atoms with Crippen LogP contribution in [0.15, 0.2) is 23.1 Å². The van der Waals surface area contributed by atoms with Crippen molar-refractivity contribution in [3.05, 3.63) is 23.8 Å². The van der Waals surface area contributed by atoms with Gasteiger partial charge in [-0.2, -0.15) is 0 Å². The van der Waals surface area contributed by atoms with E-state index in [1.807, 2.05) is 11.8 Å². The van der Waals surface area contributed by atoms with Crippen LogP contribution in [0.4, 0.5) is 0 Å². The molecule has 5 rings (SSSR count). The Morgan fingerprint density at radius 1 is 1.27 bits per heavy atom. The lowest BCUT2D eigenvalue weighted by Gasteiger charge is -2.41. The highest BCUT2D eigenvalue weighted by atomic mass is 32.2. The van der Waals surface area contributed by atoms with Gasteiger partial charge >= 0.3 is 0 Å². The van der Waals surface area contributed by atoms with E-state index in [1.165, 1.54) is 29.7 Å². The van der Waals surface area contributed by atoms with Crippen LogP contribution in [0, 0.1) is 0 Å². The molecule has 2 atom stereocenters. The van der Waals surface area contributed by atoms with Gasteiger partial charge in [-0.1, -0.05) is 17.8 Å². The van der Waals surface area contributed by atoms with Crippen LogP contribution < -0.4 is 4.74 Å². The lowest BCUT2D eigenvalue weighted by molar-refractivity contribution is -0.122. The van der Waals surface area contributed by atoms with E-state index in [4.69, 9.17) is 4.74 Å². The zero-order valence-corrected chi connectivity index (χ0v) is 13.7. The van der Waals surface area contributed by atoms with Gasteiger partial charge in [0.1, 0.15) is 11.5 Å². The van der Waals surface area contributed by atoms with Crippen LogP contribution in [0.2, 0.25) is 0 Å². The third-order valence-corrected chi connectivity index (χ3v) is 7.52. The van der Waals surface area contributed by atoms with Gasteiger partial charge in [-0.25, -0.2) is 0 Å². The van der Waals surface area contributed by atoms with Gasteiger partial charge in [-0.05, 0) is 44.1 Å². The summed E-state index contributed by atoms with van der Waals surface area (Å²) in [4.78, 5) is 15.7. The number of hydrogen-bond donors (Lipinski definition) is 0. The maximum atomic E-state index is 12.0. The second-order valence-corrected chi connectivity index (χ2v) is 8.81. The van der Waals surface area contributed by atoms with Gasteiger partial charge in [-0.3, -0.25) is 4.79 Å². The minimum atomic E-state index is 0.0764. The molecule has 0 radical (unpaired) electrons. The second-order valence-electron chi connectivity index (χ2n) is 7.42. The summed E-state index contributed by atoms with van der Waals surface area (Å²) in [5.74, 6) is 1.50. The molecule has 0 unspecified atom stereocenters. The topological polar surface area (TPSA) is 29.5 Å². The Morgan fingerprint density at radius 3 is 2.95 bits per heavy atom. The summed E-state index contributed by atoms with van der Waals surface area (Å²) >= 11 is 1.91. The van der Waals surface area contributed by atoms with Crippen molar-refractivity contribution in [1.29, 1.82) is 0 Å². The van der Waals surface area contributed by atoms with Crippen LogP contribution in [0.25, 0.3) is 0 Å². The van der Waals surface area contributed by atoms with E-state index in [-0.39, 0.29) is 10.3 Å². The van der Waals surface area contributed by atoms with E-state index < -0.39 is 0 Å². The minimum absolute atomic E-state index is 0.0764. The van der Waals surface area contributed by atoms with E-state index in [9.17, 15) is 4.79 Å². The van der Waals surface area contributed by atoms with Gasteiger partial charge in [0, 0.05) is 37.1 Å². The number of benzene rings is 1. The number of ketones is 1. The minimum Gasteiger partial charge on any atom is -0.475 e. The largest absolute Gasteiger partial charge is 0.475 e. The summed E-state index contributed by atoms with van der Waals surface area (Å²) in [5.41, 5.74) is 1.61. The number of hydrogen-bond acceptors (Lipinski definition) is 4. The molecule has 1 aromatic rings. The van der Waals surface area contributed by atoms with Gasteiger partial charge in [0.15, 0.2) is 4.93 Å². The van der Waals surface area contributed by atoms with Crippen molar-refractivity contribution in [2.75, 3.05) is 13.6 Å². The van der Waals surface area contributed by atoms with Crippen LogP contribution in [0.5, 0.6) is 5.75 Å². The third kappa shape index (κ3) is 1.77. The molecule has 2 aliphatic carbocycles. The number of ether oxygens (including phenoxy) is 1. The number of thioether (sulfide) groups is 1. The van der Waals surface area contributed by atoms with Crippen LogP contribution in [0.3, 0.4) is 0 Å². The number of nitrogens with zero attached hydrogens (tertiary/aromatic N) is 1. The second kappa shape index (κ2) is 4.30. The molecule has 2 heterocycles. The Kier molecular flexibility index (Phi) is 2.62. The lowest BCUT2D eigenvalue weighted by Crippen LogP contribution is -2.46. The van der Waals surface area contributed by atoms with Crippen molar-refractivity contribution in [2.24, 2.45) is 0 Å². The lowest BCUT2D eigenvalue weighted by atomic mass is 9.66. The Labute approximate surface area is 135 Å². The Morgan fingerprint density at radius 2 is 2.14 bits per heavy atom. The van der Waals surface area contributed by atoms with E-state index in [0.717, 1.165) is 31.6 Å². The molecule has 22 heavy (non-hydrogen) atoms. The van der Waals surface area contributed by atoms with Gasteiger partial charge in [0.25, 0.3) is 0 Å². The number of likely N-dealkylation sites (tertiary alicyclic amines) is 1. The molecule has 0 aromatic heterocycles. The fourth-order valence-electron chi connectivity index (χ4n) is 4.63. The summed E-state index contributed by atoms with van der Waals surface area (Å²) in [6.45, 7) is 1.10. The number of rotatable bonds is 1. The molecule has 4 aliphatic rings. The molecule has 0 amide bonds. The molecule has 4 heteroatoms. The Hall–Kier alpha value is -1.00. The SMILES string of the molecule is CN1CC[C@]2(c3ccc4c(c3)SC3(CC3)O4)CCC(=O)C[C@H]12. The van der Waals surface area contributed by atoms with Crippen LogP contribution in [-0.2, 0) is 10.2 Å². The summed E-state index contributed by atoms with van der Waals surface area (Å²) in [6, 6.07) is 7.19. The zero-order valence-electron chi connectivity index (χ0n) is 12.9. The Bertz CT molecular complexity index is 669. The molecule has 1 spiro atoms. The molecular formula is C18H21NO2S. The number of carbonyl (C=O) groups excluding carboxylic acids is 1. The van der Waals surface area contributed by atoms with E-state index >= 15 is 0 Å². The number of fused-ring (bicyclic) bond motifs is 2. The van der Waals surface area contributed by atoms with Crippen molar-refractivity contribution >= 4 is 17.5 Å². The molecule has 116 valence electrons. The standard InChI is InChI=1S/C18H21NO2S/c1-19-9-8-17(5-4-13(20)11-16(17)19)12-2-3-14-15(10-12)22-18(21-14)6-7-18/h2-3,10,16H,4-9,11H2,1H3/t16-,17-/m0/s1. The number of Topliss-reactive ketones (excluding diaryl/α,β-unsaturated/α-hetero) is 1. The molecule has 0 bridgehead atoms. The first-order chi connectivity index (χ1) is 10.6. The van der Waals surface area contributed by atoms with Crippen molar-refractivity contribution in [3.63, 3.8) is 0 Å². The Balaban J connectivity index is 1.55. The van der Waals surface area contributed by atoms with Crippen LogP contribution in [-0.4, -0.2) is 35.3 Å². The average Bonchev–Trinajstić information content (AvgIpc) is 3.02. The highest BCUT2D eigenvalue weighted by molar-refractivity contribution is 8.01. The molecule has 1 aromatic carbocycles. The molecule has 0 N–H and O–H groups in total. The average molecular weight is 315 g/mol. The molecule has 2 saturated carbocycles. The molecular weight excluding hydrogens is 294 g/mol. The maximum absolute atomic E-state index is 12.0. The third-order valence-electron chi connectivity index (χ3n) is 6.12. The molecule has 2 aliphatic heterocycles. The van der Waals surface area contributed by atoms with Crippen molar-refractivity contribution in [1.82, 2.24) is 4.90 Å². The first-order valence-corrected chi connectivity index (χ1v) is 9.17.